The molecule has 2 rings (SSSR count). The average Bonchev–Trinajstić information content (AvgIpc) is 2.17. The second kappa shape index (κ2) is 3.52. The first-order valence-corrected chi connectivity index (χ1v) is 5.35. The summed E-state index contributed by atoms with van der Waals surface area (Å²) in [6, 6.07) is 6.77. The van der Waals surface area contributed by atoms with Crippen LogP contribution in [0.3, 0.4) is 0 Å². The molecular formula is C12H18N2. The zero-order chi connectivity index (χ0) is 10.1. The molecule has 1 aliphatic heterocycles. The van der Waals surface area contributed by atoms with Crippen molar-refractivity contribution in [2.24, 2.45) is 5.92 Å². The fourth-order valence-corrected chi connectivity index (χ4v) is 2.24. The number of hydrogen-bond donors (Lipinski definition) is 2. The predicted octanol–water partition coefficient (Wildman–Crippen LogP) is 2.65. The lowest BCUT2D eigenvalue weighted by atomic mass is 9.87. The molecule has 0 saturated heterocycles. The Balaban J connectivity index is 2.31. The van der Waals surface area contributed by atoms with E-state index < -0.39 is 0 Å². The third-order valence-electron chi connectivity index (χ3n) is 3.14. The van der Waals surface area contributed by atoms with E-state index >= 15 is 0 Å². The Morgan fingerprint density at radius 3 is 3.00 bits per heavy atom. The van der Waals surface area contributed by atoms with Crippen LogP contribution in [-0.2, 0) is 6.42 Å². The fraction of sp³-hybridized carbons (Fsp3) is 0.500. The van der Waals surface area contributed by atoms with E-state index in [1.807, 2.05) is 12.1 Å². The molecule has 0 radical (unpaired) electrons. The Bertz CT molecular complexity index is 333. The molecule has 0 saturated carbocycles. The highest BCUT2D eigenvalue weighted by Gasteiger charge is 2.22. The molecule has 0 aromatic heterocycles. The number of nitrogens with two attached hydrogens (primary N) is 1. The quantitative estimate of drug-likeness (QED) is 0.668. The summed E-state index contributed by atoms with van der Waals surface area (Å²) in [6.07, 6.45) is 2.34. The number of rotatable bonds is 1. The summed E-state index contributed by atoms with van der Waals surface area (Å²) in [7, 11) is 0. The van der Waals surface area contributed by atoms with Crippen molar-refractivity contribution in [3.8, 4) is 0 Å². The number of fused-ring (bicyclic) bond motifs is 1. The fourth-order valence-electron chi connectivity index (χ4n) is 2.24. The zero-order valence-electron chi connectivity index (χ0n) is 8.88. The van der Waals surface area contributed by atoms with Crippen LogP contribution < -0.4 is 11.1 Å². The van der Waals surface area contributed by atoms with Gasteiger partial charge in [-0.25, -0.2) is 0 Å². The first-order chi connectivity index (χ1) is 6.70. The van der Waals surface area contributed by atoms with Crippen molar-refractivity contribution in [2.45, 2.75) is 32.7 Å². The van der Waals surface area contributed by atoms with Gasteiger partial charge in [0.2, 0.25) is 0 Å². The zero-order valence-corrected chi connectivity index (χ0v) is 8.88. The SMILES string of the molecule is CCC1Nc2cc(N)ccc2CC1C. The lowest BCUT2D eigenvalue weighted by molar-refractivity contribution is 0.454. The van der Waals surface area contributed by atoms with E-state index in [1.54, 1.807) is 0 Å². The maximum atomic E-state index is 5.76. The maximum Gasteiger partial charge on any atom is 0.0395 e. The molecule has 0 aliphatic carbocycles. The predicted molar refractivity (Wildman–Crippen MR) is 61.4 cm³/mol. The van der Waals surface area contributed by atoms with Crippen molar-refractivity contribution < 1.29 is 0 Å². The lowest BCUT2D eigenvalue weighted by Gasteiger charge is -2.32. The highest BCUT2D eigenvalue weighted by atomic mass is 14.9. The van der Waals surface area contributed by atoms with Gasteiger partial charge in [-0.2, -0.15) is 0 Å². The third-order valence-corrected chi connectivity index (χ3v) is 3.14. The normalized spacial score (nSPS) is 25.3. The topological polar surface area (TPSA) is 38.0 Å². The van der Waals surface area contributed by atoms with Crippen LogP contribution >= 0.6 is 0 Å². The van der Waals surface area contributed by atoms with Gasteiger partial charge in [-0.15, -0.1) is 0 Å². The molecule has 2 nitrogen and oxygen atoms in total. The Kier molecular flexibility index (Phi) is 2.36. The van der Waals surface area contributed by atoms with Crippen molar-refractivity contribution in [1.29, 1.82) is 0 Å². The smallest absolute Gasteiger partial charge is 0.0395 e. The Hall–Kier alpha value is -1.18. The molecule has 1 heterocycles. The first-order valence-electron chi connectivity index (χ1n) is 5.35. The van der Waals surface area contributed by atoms with Crippen LogP contribution in [-0.4, -0.2) is 6.04 Å². The van der Waals surface area contributed by atoms with Gasteiger partial charge in [0.15, 0.2) is 0 Å². The Labute approximate surface area is 85.5 Å². The van der Waals surface area contributed by atoms with Crippen LogP contribution in [0.4, 0.5) is 11.4 Å². The van der Waals surface area contributed by atoms with Gasteiger partial charge in [0.05, 0.1) is 0 Å². The molecule has 1 aromatic rings. The summed E-state index contributed by atoms with van der Waals surface area (Å²) in [4.78, 5) is 0. The van der Waals surface area contributed by atoms with Crippen molar-refractivity contribution in [2.75, 3.05) is 11.1 Å². The van der Waals surface area contributed by atoms with Gasteiger partial charge >= 0.3 is 0 Å². The summed E-state index contributed by atoms with van der Waals surface area (Å²) in [5.41, 5.74) is 9.24. The molecule has 0 fully saturated rings. The highest BCUT2D eigenvalue weighted by Crippen LogP contribution is 2.30. The minimum absolute atomic E-state index is 0.601. The van der Waals surface area contributed by atoms with Gasteiger partial charge < -0.3 is 11.1 Å². The molecule has 1 aliphatic rings. The van der Waals surface area contributed by atoms with Gasteiger partial charge in [0.1, 0.15) is 0 Å². The molecule has 2 unspecified atom stereocenters. The van der Waals surface area contributed by atoms with E-state index in [9.17, 15) is 0 Å². The summed E-state index contributed by atoms with van der Waals surface area (Å²) in [5.74, 6) is 0.719. The van der Waals surface area contributed by atoms with Gasteiger partial charge in [0.25, 0.3) is 0 Å². The minimum Gasteiger partial charge on any atom is -0.399 e. The van der Waals surface area contributed by atoms with Crippen molar-refractivity contribution >= 4 is 11.4 Å². The van der Waals surface area contributed by atoms with E-state index in [0.29, 0.717) is 6.04 Å². The van der Waals surface area contributed by atoms with E-state index in [4.69, 9.17) is 5.73 Å². The van der Waals surface area contributed by atoms with Crippen LogP contribution in [0.15, 0.2) is 18.2 Å². The number of nitrogen functional groups attached to an aromatic ring is 1. The minimum atomic E-state index is 0.601. The van der Waals surface area contributed by atoms with Crippen LogP contribution in [0.1, 0.15) is 25.8 Å². The molecule has 0 bridgehead atoms. The average molecular weight is 190 g/mol. The van der Waals surface area contributed by atoms with Crippen LogP contribution in [0, 0.1) is 5.92 Å². The molecule has 14 heavy (non-hydrogen) atoms. The van der Waals surface area contributed by atoms with Gasteiger partial charge in [-0.3, -0.25) is 0 Å². The van der Waals surface area contributed by atoms with Crippen LogP contribution in [0.25, 0.3) is 0 Å². The van der Waals surface area contributed by atoms with Crippen molar-refractivity contribution in [3.05, 3.63) is 23.8 Å². The Morgan fingerprint density at radius 2 is 2.29 bits per heavy atom. The van der Waals surface area contributed by atoms with Gasteiger partial charge in [-0.05, 0) is 36.5 Å². The summed E-state index contributed by atoms with van der Waals surface area (Å²) in [6.45, 7) is 4.53. The molecule has 76 valence electrons. The summed E-state index contributed by atoms with van der Waals surface area (Å²) < 4.78 is 0. The van der Waals surface area contributed by atoms with Crippen LogP contribution in [0.2, 0.25) is 0 Å². The second-order valence-corrected chi connectivity index (χ2v) is 4.26. The monoisotopic (exact) mass is 190 g/mol. The molecule has 0 amide bonds. The number of nitrogens with one attached hydrogen (secondary N) is 1. The Morgan fingerprint density at radius 1 is 1.50 bits per heavy atom. The number of hydrogen-bond acceptors (Lipinski definition) is 2. The van der Waals surface area contributed by atoms with E-state index in [0.717, 1.165) is 11.6 Å². The molecular weight excluding hydrogens is 172 g/mol. The molecule has 1 aromatic carbocycles. The molecule has 0 spiro atoms. The van der Waals surface area contributed by atoms with Crippen molar-refractivity contribution in [1.82, 2.24) is 0 Å². The number of benzene rings is 1. The van der Waals surface area contributed by atoms with E-state index in [1.165, 1.54) is 24.1 Å². The van der Waals surface area contributed by atoms with E-state index in [2.05, 4.69) is 25.2 Å². The highest BCUT2D eigenvalue weighted by molar-refractivity contribution is 5.61. The summed E-state index contributed by atoms with van der Waals surface area (Å²) >= 11 is 0. The third kappa shape index (κ3) is 1.57. The first kappa shape index (κ1) is 9.38. The van der Waals surface area contributed by atoms with Gasteiger partial charge in [-0.1, -0.05) is 19.9 Å². The standard InChI is InChI=1S/C12H18N2/c1-3-11-8(2)6-9-4-5-10(13)7-12(9)14-11/h4-5,7-8,11,14H,3,6,13H2,1-2H3. The second-order valence-electron chi connectivity index (χ2n) is 4.26. The molecule has 3 N–H and O–H groups in total. The molecule has 2 atom stereocenters. The van der Waals surface area contributed by atoms with Crippen molar-refractivity contribution in [3.63, 3.8) is 0 Å². The molecule has 2 heteroatoms. The van der Waals surface area contributed by atoms with Gasteiger partial charge in [0, 0.05) is 17.4 Å². The van der Waals surface area contributed by atoms with Crippen LogP contribution in [0.5, 0.6) is 0 Å². The lowest BCUT2D eigenvalue weighted by Crippen LogP contribution is -2.32. The maximum absolute atomic E-state index is 5.76. The van der Waals surface area contributed by atoms with E-state index in [-0.39, 0.29) is 0 Å². The number of anilines is 2. The largest absolute Gasteiger partial charge is 0.399 e. The summed E-state index contributed by atoms with van der Waals surface area (Å²) in [5, 5.41) is 3.56.